The van der Waals surface area contributed by atoms with Crippen molar-refractivity contribution in [2.45, 2.75) is 6.92 Å². The van der Waals surface area contributed by atoms with Gasteiger partial charge < -0.3 is 11.1 Å². The SMILES string of the molecule is Cc1cccc(C(=O)Nc2ccc(Br)cc2C(N)=S)c1I. The van der Waals surface area contributed by atoms with Gasteiger partial charge >= 0.3 is 0 Å². The molecule has 0 aliphatic rings. The van der Waals surface area contributed by atoms with Gasteiger partial charge in [0, 0.05) is 13.6 Å². The summed E-state index contributed by atoms with van der Waals surface area (Å²) in [4.78, 5) is 12.7. The first-order valence-electron chi connectivity index (χ1n) is 6.06. The van der Waals surface area contributed by atoms with Crippen LogP contribution in [0.1, 0.15) is 21.5 Å². The molecule has 3 nitrogen and oxygen atoms in total. The molecule has 0 heterocycles. The number of amides is 1. The highest BCUT2D eigenvalue weighted by Crippen LogP contribution is 2.23. The van der Waals surface area contributed by atoms with E-state index < -0.39 is 0 Å². The highest BCUT2D eigenvalue weighted by Gasteiger charge is 2.14. The Bertz CT molecular complexity index is 734. The van der Waals surface area contributed by atoms with E-state index in [1.165, 1.54) is 0 Å². The minimum atomic E-state index is -0.178. The van der Waals surface area contributed by atoms with Gasteiger partial charge in [0.25, 0.3) is 5.91 Å². The van der Waals surface area contributed by atoms with E-state index in [1.54, 1.807) is 18.2 Å². The Kier molecular flexibility index (Phi) is 5.34. The van der Waals surface area contributed by atoms with Crippen LogP contribution in [-0.4, -0.2) is 10.9 Å². The maximum Gasteiger partial charge on any atom is 0.256 e. The van der Waals surface area contributed by atoms with E-state index in [0.717, 1.165) is 13.6 Å². The number of carbonyl (C=O) groups is 1. The third kappa shape index (κ3) is 3.81. The standard InChI is InChI=1S/C15H12BrIN2OS/c1-8-3-2-4-10(13(8)17)15(20)19-12-6-5-9(16)7-11(12)14(18)21/h2-7H,1H3,(H2,18,21)(H,19,20). The second-order valence-electron chi connectivity index (χ2n) is 4.44. The Morgan fingerprint density at radius 1 is 1.29 bits per heavy atom. The molecule has 0 saturated heterocycles. The smallest absolute Gasteiger partial charge is 0.256 e. The molecule has 0 unspecified atom stereocenters. The Balaban J connectivity index is 2.36. The first-order chi connectivity index (χ1) is 9.90. The quantitative estimate of drug-likeness (QED) is 0.516. The van der Waals surface area contributed by atoms with Gasteiger partial charge in [-0.05, 0) is 59.3 Å². The van der Waals surface area contributed by atoms with Crippen molar-refractivity contribution in [1.82, 2.24) is 0 Å². The number of nitrogens with two attached hydrogens (primary N) is 1. The third-order valence-corrected chi connectivity index (χ3v) is 5.08. The number of halogens is 2. The summed E-state index contributed by atoms with van der Waals surface area (Å²) >= 11 is 10.6. The summed E-state index contributed by atoms with van der Waals surface area (Å²) in [6, 6.07) is 11.0. The van der Waals surface area contributed by atoms with Crippen LogP contribution in [0.3, 0.4) is 0 Å². The molecule has 0 fully saturated rings. The monoisotopic (exact) mass is 474 g/mol. The number of thiocarbonyl (C=S) groups is 1. The zero-order valence-corrected chi connectivity index (χ0v) is 15.7. The fourth-order valence-electron chi connectivity index (χ4n) is 1.84. The minimum absolute atomic E-state index is 0.178. The van der Waals surface area contributed by atoms with Crippen LogP contribution in [0.25, 0.3) is 0 Å². The van der Waals surface area contributed by atoms with Crippen molar-refractivity contribution in [2.24, 2.45) is 5.73 Å². The Morgan fingerprint density at radius 3 is 2.67 bits per heavy atom. The van der Waals surface area contributed by atoms with E-state index in [9.17, 15) is 4.79 Å². The number of benzene rings is 2. The van der Waals surface area contributed by atoms with Crippen LogP contribution in [0.15, 0.2) is 40.9 Å². The Labute approximate surface area is 150 Å². The van der Waals surface area contributed by atoms with Crippen molar-refractivity contribution < 1.29 is 4.79 Å². The zero-order chi connectivity index (χ0) is 15.6. The highest BCUT2D eigenvalue weighted by molar-refractivity contribution is 14.1. The van der Waals surface area contributed by atoms with Crippen LogP contribution in [0.2, 0.25) is 0 Å². The lowest BCUT2D eigenvalue weighted by atomic mass is 10.1. The van der Waals surface area contributed by atoms with E-state index in [0.29, 0.717) is 16.8 Å². The van der Waals surface area contributed by atoms with E-state index in [1.807, 2.05) is 25.1 Å². The molecule has 2 rings (SSSR count). The third-order valence-electron chi connectivity index (χ3n) is 2.93. The molecule has 3 N–H and O–H groups in total. The summed E-state index contributed by atoms with van der Waals surface area (Å²) in [6.45, 7) is 1.97. The number of nitrogens with one attached hydrogen (secondary N) is 1. The van der Waals surface area contributed by atoms with Crippen molar-refractivity contribution in [3.63, 3.8) is 0 Å². The van der Waals surface area contributed by atoms with Crippen molar-refractivity contribution in [3.8, 4) is 0 Å². The van der Waals surface area contributed by atoms with Crippen molar-refractivity contribution in [2.75, 3.05) is 5.32 Å². The second kappa shape index (κ2) is 6.85. The average molecular weight is 475 g/mol. The normalized spacial score (nSPS) is 10.2. The lowest BCUT2D eigenvalue weighted by molar-refractivity contribution is 0.102. The molecule has 21 heavy (non-hydrogen) atoms. The fraction of sp³-hybridized carbons (Fsp3) is 0.0667. The van der Waals surface area contributed by atoms with Gasteiger partial charge in [-0.15, -0.1) is 0 Å². The first kappa shape index (κ1) is 16.4. The second-order valence-corrected chi connectivity index (χ2v) is 6.88. The molecule has 2 aromatic rings. The van der Waals surface area contributed by atoms with Gasteiger partial charge in [-0.1, -0.05) is 40.3 Å². The van der Waals surface area contributed by atoms with Crippen LogP contribution in [0, 0.1) is 10.5 Å². The van der Waals surface area contributed by atoms with Crippen LogP contribution in [-0.2, 0) is 0 Å². The van der Waals surface area contributed by atoms with Crippen molar-refractivity contribution >= 4 is 67.3 Å². The Hall–Kier alpha value is -0.990. The average Bonchev–Trinajstić information content (AvgIpc) is 2.43. The number of hydrogen-bond acceptors (Lipinski definition) is 2. The van der Waals surface area contributed by atoms with E-state index in [4.69, 9.17) is 18.0 Å². The molecule has 6 heteroatoms. The molecule has 0 aliphatic heterocycles. The lowest BCUT2D eigenvalue weighted by Gasteiger charge is -2.12. The zero-order valence-electron chi connectivity index (χ0n) is 11.1. The molecular weight excluding hydrogens is 463 g/mol. The summed E-state index contributed by atoms with van der Waals surface area (Å²) in [5.74, 6) is -0.178. The molecule has 108 valence electrons. The Morgan fingerprint density at radius 2 is 2.00 bits per heavy atom. The minimum Gasteiger partial charge on any atom is -0.389 e. The molecule has 0 radical (unpaired) electrons. The maximum absolute atomic E-state index is 12.4. The topological polar surface area (TPSA) is 55.1 Å². The number of rotatable bonds is 3. The van der Waals surface area contributed by atoms with Crippen LogP contribution >= 0.6 is 50.7 Å². The largest absolute Gasteiger partial charge is 0.389 e. The molecule has 1 amide bonds. The molecule has 0 bridgehead atoms. The van der Waals surface area contributed by atoms with Gasteiger partial charge in [-0.2, -0.15) is 0 Å². The number of carbonyl (C=O) groups excluding carboxylic acids is 1. The summed E-state index contributed by atoms with van der Waals surface area (Å²) in [5, 5.41) is 2.87. The summed E-state index contributed by atoms with van der Waals surface area (Å²) in [6.07, 6.45) is 0. The van der Waals surface area contributed by atoms with E-state index in [-0.39, 0.29) is 10.9 Å². The first-order valence-corrected chi connectivity index (χ1v) is 8.34. The molecule has 0 atom stereocenters. The van der Waals surface area contributed by atoms with Gasteiger partial charge in [0.1, 0.15) is 4.99 Å². The molecular formula is C15H12BrIN2OS. The van der Waals surface area contributed by atoms with E-state index >= 15 is 0 Å². The number of hydrogen-bond donors (Lipinski definition) is 2. The summed E-state index contributed by atoms with van der Waals surface area (Å²) in [5.41, 5.74) is 8.64. The number of aryl methyl sites for hydroxylation is 1. The van der Waals surface area contributed by atoms with Crippen LogP contribution < -0.4 is 11.1 Å². The molecule has 0 aromatic heterocycles. The van der Waals surface area contributed by atoms with Gasteiger partial charge in [0.15, 0.2) is 0 Å². The molecule has 2 aromatic carbocycles. The van der Waals surface area contributed by atoms with Gasteiger partial charge in [-0.3, -0.25) is 4.79 Å². The molecule has 0 saturated carbocycles. The van der Waals surface area contributed by atoms with Crippen molar-refractivity contribution in [3.05, 3.63) is 61.1 Å². The van der Waals surface area contributed by atoms with Crippen molar-refractivity contribution in [1.29, 1.82) is 0 Å². The predicted molar refractivity (Wildman–Crippen MR) is 102 cm³/mol. The number of anilines is 1. The maximum atomic E-state index is 12.4. The van der Waals surface area contributed by atoms with E-state index in [2.05, 4.69) is 43.8 Å². The van der Waals surface area contributed by atoms with Crippen LogP contribution in [0.4, 0.5) is 5.69 Å². The predicted octanol–water partition coefficient (Wildman–Crippen LogP) is 4.25. The molecule has 0 aliphatic carbocycles. The fourth-order valence-corrected chi connectivity index (χ4v) is 2.98. The highest BCUT2D eigenvalue weighted by atomic mass is 127. The van der Waals surface area contributed by atoms with Gasteiger partial charge in [-0.25, -0.2) is 0 Å². The van der Waals surface area contributed by atoms with Gasteiger partial charge in [0.2, 0.25) is 0 Å². The summed E-state index contributed by atoms with van der Waals surface area (Å²) < 4.78 is 1.79. The van der Waals surface area contributed by atoms with Gasteiger partial charge in [0.05, 0.1) is 11.3 Å². The van der Waals surface area contributed by atoms with Crippen LogP contribution in [0.5, 0.6) is 0 Å². The lowest BCUT2D eigenvalue weighted by Crippen LogP contribution is -2.18. The molecule has 0 spiro atoms. The summed E-state index contributed by atoms with van der Waals surface area (Å²) in [7, 11) is 0.